The predicted octanol–water partition coefficient (Wildman–Crippen LogP) is 3.22. The van der Waals surface area contributed by atoms with Crippen LogP contribution in [0.5, 0.6) is 0 Å². The van der Waals surface area contributed by atoms with Crippen LogP contribution in [0.3, 0.4) is 0 Å². The summed E-state index contributed by atoms with van der Waals surface area (Å²) in [6, 6.07) is 7.87. The van der Waals surface area contributed by atoms with Gasteiger partial charge in [0.15, 0.2) is 5.82 Å². The summed E-state index contributed by atoms with van der Waals surface area (Å²) in [4.78, 5) is 8.51. The zero-order valence-corrected chi connectivity index (χ0v) is 11.5. The maximum Gasteiger partial charge on any atom is 0.316 e. The van der Waals surface area contributed by atoms with Crippen molar-refractivity contribution in [3.05, 3.63) is 35.7 Å². The minimum absolute atomic E-state index is 0.187. The number of benzene rings is 1. The third kappa shape index (κ3) is 2.32. The Morgan fingerprint density at radius 1 is 0.900 bits per heavy atom. The number of aryl methyl sites for hydroxylation is 1. The standard InChI is InChI=1S/C14H14N4O2/c1-8(2)11-15-13(19-17-11)14-16-12(18-20-14)10-6-4-9(3)5-7-10/h4-8H,1-3H3. The lowest BCUT2D eigenvalue weighted by Gasteiger charge is -1.94. The van der Waals surface area contributed by atoms with E-state index in [0.717, 1.165) is 5.56 Å². The molecule has 102 valence electrons. The van der Waals surface area contributed by atoms with Crippen molar-refractivity contribution >= 4 is 0 Å². The molecule has 2 aromatic heterocycles. The molecule has 0 atom stereocenters. The number of hydrogen-bond donors (Lipinski definition) is 0. The molecule has 0 saturated carbocycles. The predicted molar refractivity (Wildman–Crippen MR) is 71.9 cm³/mol. The zero-order chi connectivity index (χ0) is 14.1. The van der Waals surface area contributed by atoms with Crippen LogP contribution in [0.1, 0.15) is 31.2 Å². The van der Waals surface area contributed by atoms with E-state index >= 15 is 0 Å². The van der Waals surface area contributed by atoms with Crippen LogP contribution < -0.4 is 0 Å². The first-order valence-electron chi connectivity index (χ1n) is 6.38. The van der Waals surface area contributed by atoms with Gasteiger partial charge in [0, 0.05) is 11.5 Å². The minimum atomic E-state index is 0.187. The summed E-state index contributed by atoms with van der Waals surface area (Å²) in [5.74, 6) is 1.80. The van der Waals surface area contributed by atoms with Crippen LogP contribution in [0.2, 0.25) is 0 Å². The minimum Gasteiger partial charge on any atom is -0.329 e. The Kier molecular flexibility index (Phi) is 3.06. The van der Waals surface area contributed by atoms with E-state index in [2.05, 4.69) is 20.3 Å². The van der Waals surface area contributed by atoms with Crippen molar-refractivity contribution in [2.24, 2.45) is 0 Å². The quantitative estimate of drug-likeness (QED) is 0.727. The van der Waals surface area contributed by atoms with Crippen molar-refractivity contribution in [2.45, 2.75) is 26.7 Å². The molecule has 0 spiro atoms. The molecule has 0 saturated heterocycles. The molecule has 0 aliphatic rings. The van der Waals surface area contributed by atoms with E-state index in [1.807, 2.05) is 45.0 Å². The number of nitrogens with zero attached hydrogens (tertiary/aromatic N) is 4. The van der Waals surface area contributed by atoms with Gasteiger partial charge >= 0.3 is 11.8 Å². The molecule has 0 radical (unpaired) electrons. The molecule has 1 aromatic carbocycles. The molecule has 2 heterocycles. The highest BCUT2D eigenvalue weighted by atomic mass is 16.5. The molecule has 20 heavy (non-hydrogen) atoms. The van der Waals surface area contributed by atoms with Gasteiger partial charge in [-0.15, -0.1) is 0 Å². The molecule has 0 aliphatic heterocycles. The van der Waals surface area contributed by atoms with Crippen LogP contribution in [-0.4, -0.2) is 20.3 Å². The van der Waals surface area contributed by atoms with Crippen molar-refractivity contribution < 1.29 is 9.05 Å². The third-order valence-electron chi connectivity index (χ3n) is 2.88. The first kappa shape index (κ1) is 12.5. The van der Waals surface area contributed by atoms with Crippen LogP contribution in [-0.2, 0) is 0 Å². The first-order valence-corrected chi connectivity index (χ1v) is 6.38. The average Bonchev–Trinajstić information content (AvgIpc) is 3.08. The van der Waals surface area contributed by atoms with Crippen LogP contribution in [0.4, 0.5) is 0 Å². The number of rotatable bonds is 3. The first-order chi connectivity index (χ1) is 9.63. The van der Waals surface area contributed by atoms with Gasteiger partial charge < -0.3 is 9.05 Å². The van der Waals surface area contributed by atoms with Crippen molar-refractivity contribution in [1.29, 1.82) is 0 Å². The van der Waals surface area contributed by atoms with Crippen LogP contribution in [0.15, 0.2) is 33.3 Å². The van der Waals surface area contributed by atoms with Crippen molar-refractivity contribution in [1.82, 2.24) is 20.3 Å². The van der Waals surface area contributed by atoms with Gasteiger partial charge in [0.05, 0.1) is 0 Å². The van der Waals surface area contributed by atoms with Gasteiger partial charge in [-0.2, -0.15) is 9.97 Å². The smallest absolute Gasteiger partial charge is 0.316 e. The van der Waals surface area contributed by atoms with Crippen LogP contribution in [0, 0.1) is 6.92 Å². The molecular formula is C14H14N4O2. The molecule has 0 aliphatic carbocycles. The molecule has 6 nitrogen and oxygen atoms in total. The Labute approximate surface area is 115 Å². The largest absolute Gasteiger partial charge is 0.329 e. The van der Waals surface area contributed by atoms with E-state index in [9.17, 15) is 0 Å². The van der Waals surface area contributed by atoms with Gasteiger partial charge in [0.1, 0.15) is 0 Å². The van der Waals surface area contributed by atoms with Gasteiger partial charge in [0.25, 0.3) is 0 Å². The summed E-state index contributed by atoms with van der Waals surface area (Å²) < 4.78 is 10.3. The average molecular weight is 270 g/mol. The van der Waals surface area contributed by atoms with Gasteiger partial charge in [-0.3, -0.25) is 0 Å². The van der Waals surface area contributed by atoms with Gasteiger partial charge in [-0.25, -0.2) is 0 Å². The lowest BCUT2D eigenvalue weighted by molar-refractivity contribution is 0.378. The normalized spacial score (nSPS) is 11.2. The highest BCUT2D eigenvalue weighted by Crippen LogP contribution is 2.22. The molecule has 0 amide bonds. The lowest BCUT2D eigenvalue weighted by atomic mass is 10.1. The molecule has 3 rings (SSSR count). The highest BCUT2D eigenvalue weighted by Gasteiger charge is 2.18. The highest BCUT2D eigenvalue weighted by molar-refractivity contribution is 5.56. The van der Waals surface area contributed by atoms with Crippen molar-refractivity contribution in [2.75, 3.05) is 0 Å². The maximum atomic E-state index is 5.17. The van der Waals surface area contributed by atoms with Crippen molar-refractivity contribution in [3.8, 4) is 23.2 Å². The summed E-state index contributed by atoms with van der Waals surface area (Å²) in [7, 11) is 0. The Hall–Kier alpha value is -2.50. The second-order valence-corrected chi connectivity index (χ2v) is 4.90. The molecule has 0 unspecified atom stereocenters. The number of aromatic nitrogens is 4. The molecule has 0 N–H and O–H groups in total. The van der Waals surface area contributed by atoms with Crippen LogP contribution in [0.25, 0.3) is 23.2 Å². The summed E-state index contributed by atoms with van der Waals surface area (Å²) in [6.45, 7) is 6.00. The Morgan fingerprint density at radius 2 is 1.55 bits per heavy atom. The zero-order valence-electron chi connectivity index (χ0n) is 11.5. The molecule has 3 aromatic rings. The van der Waals surface area contributed by atoms with E-state index in [-0.39, 0.29) is 17.7 Å². The maximum absolute atomic E-state index is 5.17. The Balaban J connectivity index is 1.91. The van der Waals surface area contributed by atoms with E-state index in [1.54, 1.807) is 0 Å². The summed E-state index contributed by atoms with van der Waals surface area (Å²) >= 11 is 0. The van der Waals surface area contributed by atoms with Gasteiger partial charge in [-0.05, 0) is 6.92 Å². The van der Waals surface area contributed by atoms with Crippen molar-refractivity contribution in [3.63, 3.8) is 0 Å². The molecule has 0 bridgehead atoms. The van der Waals surface area contributed by atoms with E-state index in [0.29, 0.717) is 11.6 Å². The topological polar surface area (TPSA) is 77.8 Å². The fraction of sp³-hybridized carbons (Fsp3) is 0.286. The fourth-order valence-corrected chi connectivity index (χ4v) is 1.69. The van der Waals surface area contributed by atoms with Gasteiger partial charge in [0.2, 0.25) is 5.82 Å². The summed E-state index contributed by atoms with van der Waals surface area (Å²) in [5, 5.41) is 7.80. The summed E-state index contributed by atoms with van der Waals surface area (Å²) in [5.41, 5.74) is 2.06. The van der Waals surface area contributed by atoms with E-state index < -0.39 is 0 Å². The Bertz CT molecular complexity index is 713. The Morgan fingerprint density at radius 3 is 2.20 bits per heavy atom. The third-order valence-corrected chi connectivity index (χ3v) is 2.88. The lowest BCUT2D eigenvalue weighted by Crippen LogP contribution is -1.89. The monoisotopic (exact) mass is 270 g/mol. The molecule has 6 heteroatoms. The van der Waals surface area contributed by atoms with E-state index in [4.69, 9.17) is 9.05 Å². The van der Waals surface area contributed by atoms with E-state index in [1.165, 1.54) is 5.56 Å². The summed E-state index contributed by atoms with van der Waals surface area (Å²) in [6.07, 6.45) is 0. The second-order valence-electron chi connectivity index (χ2n) is 4.90. The van der Waals surface area contributed by atoms with Crippen LogP contribution >= 0.6 is 0 Å². The number of hydrogen-bond acceptors (Lipinski definition) is 6. The molecule has 0 fully saturated rings. The second kappa shape index (κ2) is 4.88. The SMILES string of the molecule is Cc1ccc(-c2noc(-c3nc(C(C)C)no3)n2)cc1. The van der Waals surface area contributed by atoms with Gasteiger partial charge in [-0.1, -0.05) is 54.0 Å². The molecular weight excluding hydrogens is 256 g/mol. The fourth-order valence-electron chi connectivity index (χ4n) is 1.69.